The first-order valence-corrected chi connectivity index (χ1v) is 5.60. The van der Waals surface area contributed by atoms with Gasteiger partial charge in [-0.3, -0.25) is 4.79 Å². The fraction of sp³-hybridized carbons (Fsp3) is 0.750. The first-order chi connectivity index (χ1) is 6.66. The average molecular weight is 191 g/mol. The molecule has 1 heterocycles. The number of hydrogen-bond acceptors (Lipinski definition) is 1. The molecule has 0 aromatic rings. The Kier molecular flexibility index (Phi) is 1.59. The zero-order valence-corrected chi connectivity index (χ0v) is 8.86. The van der Waals surface area contributed by atoms with Crippen LogP contribution in [-0.2, 0) is 4.79 Å². The van der Waals surface area contributed by atoms with Gasteiger partial charge in [0.15, 0.2) is 0 Å². The molecule has 1 saturated heterocycles. The van der Waals surface area contributed by atoms with Crippen LogP contribution in [0.4, 0.5) is 0 Å². The molecule has 76 valence electrons. The van der Waals surface area contributed by atoms with Crippen molar-refractivity contribution in [1.82, 2.24) is 4.90 Å². The van der Waals surface area contributed by atoms with Gasteiger partial charge in [-0.15, -0.1) is 0 Å². The Labute approximate surface area is 85.0 Å². The summed E-state index contributed by atoms with van der Waals surface area (Å²) in [7, 11) is 1.96. The van der Waals surface area contributed by atoms with Crippen molar-refractivity contribution < 1.29 is 4.79 Å². The molecule has 0 aromatic carbocycles. The lowest BCUT2D eigenvalue weighted by atomic mass is 9.58. The van der Waals surface area contributed by atoms with Gasteiger partial charge in [-0.2, -0.15) is 0 Å². The van der Waals surface area contributed by atoms with Crippen LogP contribution in [0.5, 0.6) is 0 Å². The van der Waals surface area contributed by atoms with Gasteiger partial charge in [0.2, 0.25) is 5.91 Å². The minimum atomic E-state index is 0.322. The van der Waals surface area contributed by atoms with Gasteiger partial charge in [-0.25, -0.2) is 0 Å². The topological polar surface area (TPSA) is 20.3 Å². The van der Waals surface area contributed by atoms with Gasteiger partial charge in [0.05, 0.1) is 0 Å². The van der Waals surface area contributed by atoms with Gasteiger partial charge < -0.3 is 4.90 Å². The summed E-state index contributed by atoms with van der Waals surface area (Å²) in [5, 5.41) is 0. The van der Waals surface area contributed by atoms with Gasteiger partial charge in [0.25, 0.3) is 0 Å². The third-order valence-corrected chi connectivity index (χ3v) is 4.33. The van der Waals surface area contributed by atoms with Crippen LogP contribution in [-0.4, -0.2) is 24.4 Å². The molecule has 1 aliphatic heterocycles. The summed E-state index contributed by atoms with van der Waals surface area (Å²) in [6.45, 7) is 3.20. The lowest BCUT2D eigenvalue weighted by Crippen LogP contribution is -2.54. The van der Waals surface area contributed by atoms with E-state index >= 15 is 0 Å². The standard InChI is InChI=1S/C12H17NO/c1-7-3-8-4-9-6-13(2)12(14)10(5-8)11(7)9/h3,8-11H,4-6H2,1-2H3. The number of allylic oxidation sites excluding steroid dienone is 2. The van der Waals surface area contributed by atoms with E-state index in [9.17, 15) is 4.79 Å². The van der Waals surface area contributed by atoms with Crippen molar-refractivity contribution in [3.63, 3.8) is 0 Å². The number of piperidine rings is 1. The van der Waals surface area contributed by atoms with E-state index < -0.39 is 0 Å². The molecule has 2 heteroatoms. The Balaban J connectivity index is 2.01. The van der Waals surface area contributed by atoms with Crippen molar-refractivity contribution in [3.05, 3.63) is 11.6 Å². The van der Waals surface area contributed by atoms with Crippen molar-refractivity contribution in [2.75, 3.05) is 13.6 Å². The number of hydrogen-bond donors (Lipinski definition) is 0. The average Bonchev–Trinajstić information content (AvgIpc) is 2.13. The van der Waals surface area contributed by atoms with Crippen LogP contribution in [0.1, 0.15) is 19.8 Å². The molecule has 0 aromatic heterocycles. The Morgan fingerprint density at radius 2 is 2.21 bits per heavy atom. The van der Waals surface area contributed by atoms with Gasteiger partial charge in [0, 0.05) is 19.5 Å². The van der Waals surface area contributed by atoms with E-state index in [-0.39, 0.29) is 0 Å². The normalized spacial score (nSPS) is 45.4. The first-order valence-electron chi connectivity index (χ1n) is 5.60. The van der Waals surface area contributed by atoms with Crippen LogP contribution in [0.25, 0.3) is 0 Å². The van der Waals surface area contributed by atoms with E-state index in [1.165, 1.54) is 12.0 Å². The van der Waals surface area contributed by atoms with E-state index in [4.69, 9.17) is 0 Å². The van der Waals surface area contributed by atoms with Crippen LogP contribution in [0, 0.1) is 23.7 Å². The van der Waals surface area contributed by atoms with Gasteiger partial charge in [-0.05, 0) is 37.5 Å². The molecule has 2 nitrogen and oxygen atoms in total. The summed E-state index contributed by atoms with van der Waals surface area (Å²) >= 11 is 0. The highest BCUT2D eigenvalue weighted by atomic mass is 16.2. The Morgan fingerprint density at radius 3 is 2.93 bits per heavy atom. The summed E-state index contributed by atoms with van der Waals surface area (Å²) in [6, 6.07) is 0. The van der Waals surface area contributed by atoms with Gasteiger partial charge >= 0.3 is 0 Å². The fourth-order valence-electron chi connectivity index (χ4n) is 3.91. The molecule has 3 aliphatic carbocycles. The van der Waals surface area contributed by atoms with Crippen molar-refractivity contribution in [3.8, 4) is 0 Å². The predicted molar refractivity (Wildman–Crippen MR) is 54.6 cm³/mol. The van der Waals surface area contributed by atoms with Crippen LogP contribution >= 0.6 is 0 Å². The second-order valence-corrected chi connectivity index (χ2v) is 5.25. The Bertz CT molecular complexity index is 320. The Morgan fingerprint density at radius 1 is 1.43 bits per heavy atom. The SMILES string of the molecule is CC1=CC2CC3CN(C)C(=O)C(C2)C13. The lowest BCUT2D eigenvalue weighted by Gasteiger charge is -2.51. The molecule has 14 heavy (non-hydrogen) atoms. The molecule has 0 radical (unpaired) electrons. The highest BCUT2D eigenvalue weighted by Crippen LogP contribution is 2.50. The van der Waals surface area contributed by atoms with E-state index in [1.54, 1.807) is 0 Å². The summed E-state index contributed by atoms with van der Waals surface area (Å²) < 4.78 is 0. The number of rotatable bonds is 0. The third-order valence-electron chi connectivity index (χ3n) is 4.33. The molecule has 1 saturated carbocycles. The molecule has 0 N–H and O–H groups in total. The predicted octanol–water partition coefficient (Wildman–Crippen LogP) is 1.68. The monoisotopic (exact) mass is 191 g/mol. The van der Waals surface area contributed by atoms with E-state index in [1.807, 2.05) is 11.9 Å². The first kappa shape index (κ1) is 8.51. The maximum atomic E-state index is 12.0. The van der Waals surface area contributed by atoms with Crippen molar-refractivity contribution >= 4 is 5.91 Å². The third kappa shape index (κ3) is 0.943. The van der Waals surface area contributed by atoms with Crippen molar-refractivity contribution in [2.24, 2.45) is 23.7 Å². The summed E-state index contributed by atoms with van der Waals surface area (Å²) in [5.41, 5.74) is 1.49. The molecular weight excluding hydrogens is 174 g/mol. The summed E-state index contributed by atoms with van der Waals surface area (Å²) in [4.78, 5) is 13.9. The maximum Gasteiger partial charge on any atom is 0.226 e. The van der Waals surface area contributed by atoms with Crippen molar-refractivity contribution in [1.29, 1.82) is 0 Å². The molecular formula is C12H17NO. The molecule has 2 fully saturated rings. The molecule has 4 aliphatic rings. The number of amides is 1. The molecule has 4 bridgehead atoms. The number of likely N-dealkylation sites (tertiary alicyclic amines) is 1. The molecule has 4 rings (SSSR count). The lowest BCUT2D eigenvalue weighted by molar-refractivity contribution is -0.145. The quantitative estimate of drug-likeness (QED) is 0.533. The molecule has 4 atom stereocenters. The van der Waals surface area contributed by atoms with Gasteiger partial charge in [0.1, 0.15) is 0 Å². The maximum absolute atomic E-state index is 12.0. The van der Waals surface area contributed by atoms with Crippen LogP contribution in [0.3, 0.4) is 0 Å². The second-order valence-electron chi connectivity index (χ2n) is 5.25. The number of carbonyl (C=O) groups excluding carboxylic acids is 1. The minimum absolute atomic E-state index is 0.322. The summed E-state index contributed by atoms with van der Waals surface area (Å²) in [5.74, 6) is 2.76. The van der Waals surface area contributed by atoms with Crippen molar-refractivity contribution in [2.45, 2.75) is 19.8 Å². The highest BCUT2D eigenvalue weighted by molar-refractivity contribution is 5.81. The van der Waals surface area contributed by atoms with E-state index in [0.29, 0.717) is 23.7 Å². The van der Waals surface area contributed by atoms with Gasteiger partial charge in [-0.1, -0.05) is 11.6 Å². The minimum Gasteiger partial charge on any atom is -0.345 e. The fourth-order valence-corrected chi connectivity index (χ4v) is 3.91. The zero-order chi connectivity index (χ0) is 9.87. The smallest absolute Gasteiger partial charge is 0.226 e. The Hall–Kier alpha value is -0.790. The highest BCUT2D eigenvalue weighted by Gasteiger charge is 2.49. The van der Waals surface area contributed by atoms with E-state index in [0.717, 1.165) is 18.9 Å². The van der Waals surface area contributed by atoms with E-state index in [2.05, 4.69) is 13.0 Å². The number of carbonyl (C=O) groups is 1. The van der Waals surface area contributed by atoms with Crippen LogP contribution in [0.15, 0.2) is 11.6 Å². The zero-order valence-electron chi connectivity index (χ0n) is 8.86. The largest absolute Gasteiger partial charge is 0.345 e. The summed E-state index contributed by atoms with van der Waals surface area (Å²) in [6.07, 6.45) is 4.84. The molecule has 4 unspecified atom stereocenters. The van der Waals surface area contributed by atoms with Crippen LogP contribution < -0.4 is 0 Å². The molecule has 1 amide bonds. The number of nitrogens with zero attached hydrogens (tertiary/aromatic N) is 1. The second kappa shape index (κ2) is 2.62. The molecule has 0 spiro atoms. The van der Waals surface area contributed by atoms with Crippen LogP contribution in [0.2, 0.25) is 0 Å².